The molecule has 1 aliphatic heterocycles. The van der Waals surface area contributed by atoms with Crippen molar-refractivity contribution in [2.24, 2.45) is 0 Å². The molecule has 0 aliphatic carbocycles. The first-order valence-corrected chi connectivity index (χ1v) is 6.60. The summed E-state index contributed by atoms with van der Waals surface area (Å²) in [6.07, 6.45) is 0. The first kappa shape index (κ1) is 13.1. The maximum absolute atomic E-state index is 5.34. The van der Waals surface area contributed by atoms with Gasteiger partial charge in [-0.05, 0) is 26.1 Å². The lowest BCUT2D eigenvalue weighted by atomic mass is 10.2. The first-order valence-electron chi connectivity index (χ1n) is 5.21. The van der Waals surface area contributed by atoms with E-state index in [2.05, 4.69) is 24.1 Å². The molecule has 0 spiro atoms. The zero-order valence-corrected chi connectivity index (χ0v) is 11.3. The minimum atomic E-state index is 0.311. The van der Waals surface area contributed by atoms with Crippen LogP contribution in [0.15, 0.2) is 0 Å². The van der Waals surface area contributed by atoms with Gasteiger partial charge in [0, 0.05) is 37.2 Å². The molecule has 1 fully saturated rings. The lowest BCUT2D eigenvalue weighted by Gasteiger charge is -2.38. The zero-order valence-electron chi connectivity index (χ0n) is 9.71. The summed E-state index contributed by atoms with van der Waals surface area (Å²) in [5.41, 5.74) is 0. The van der Waals surface area contributed by atoms with Crippen molar-refractivity contribution in [3.63, 3.8) is 0 Å². The summed E-state index contributed by atoms with van der Waals surface area (Å²) in [6, 6.07) is 0. The fourth-order valence-electron chi connectivity index (χ4n) is 1.56. The second-order valence-corrected chi connectivity index (χ2v) is 6.44. The number of thioether (sulfide) groups is 1. The van der Waals surface area contributed by atoms with Crippen LogP contribution in [0.1, 0.15) is 13.8 Å². The second-order valence-electron chi connectivity index (χ2n) is 4.25. The quantitative estimate of drug-likeness (QED) is 0.600. The van der Waals surface area contributed by atoms with Gasteiger partial charge in [-0.15, -0.1) is 0 Å². The predicted octanol–water partition coefficient (Wildman–Crippen LogP) is 1.33. The third-order valence-corrected chi connectivity index (χ3v) is 4.00. The molecule has 0 aromatic heterocycles. The summed E-state index contributed by atoms with van der Waals surface area (Å²) in [6.45, 7) is 8.10. The standard InChI is InChI=1S/C10H20N2OS2/c1-10(2)8-12(5-7-15-10)9(14)11-4-6-13-3/h4-8H2,1-3H3,(H,11,14). The van der Waals surface area contributed by atoms with Crippen molar-refractivity contribution in [1.29, 1.82) is 0 Å². The van der Waals surface area contributed by atoms with E-state index in [0.717, 1.165) is 30.5 Å². The van der Waals surface area contributed by atoms with E-state index >= 15 is 0 Å². The average Bonchev–Trinajstić information content (AvgIpc) is 2.16. The van der Waals surface area contributed by atoms with E-state index in [1.165, 1.54) is 0 Å². The lowest BCUT2D eigenvalue weighted by molar-refractivity contribution is 0.203. The highest BCUT2D eigenvalue weighted by atomic mass is 32.2. The van der Waals surface area contributed by atoms with Gasteiger partial charge in [0.25, 0.3) is 0 Å². The Morgan fingerprint density at radius 3 is 2.93 bits per heavy atom. The van der Waals surface area contributed by atoms with Gasteiger partial charge in [-0.1, -0.05) is 0 Å². The molecule has 0 aromatic carbocycles. The molecular weight excluding hydrogens is 228 g/mol. The highest BCUT2D eigenvalue weighted by Gasteiger charge is 2.27. The van der Waals surface area contributed by atoms with Crippen LogP contribution in [-0.2, 0) is 4.74 Å². The minimum Gasteiger partial charge on any atom is -0.383 e. The Balaban J connectivity index is 2.32. The molecule has 88 valence electrons. The zero-order chi connectivity index (χ0) is 11.3. The maximum atomic E-state index is 5.34. The summed E-state index contributed by atoms with van der Waals surface area (Å²) in [7, 11) is 1.70. The predicted molar refractivity (Wildman–Crippen MR) is 70.6 cm³/mol. The number of methoxy groups -OCH3 is 1. The van der Waals surface area contributed by atoms with Gasteiger partial charge in [0.15, 0.2) is 5.11 Å². The number of ether oxygens (including phenoxy) is 1. The summed E-state index contributed by atoms with van der Waals surface area (Å²) in [5.74, 6) is 1.15. The van der Waals surface area contributed by atoms with Crippen LogP contribution in [0.25, 0.3) is 0 Å². The maximum Gasteiger partial charge on any atom is 0.169 e. The van der Waals surface area contributed by atoms with Crippen LogP contribution >= 0.6 is 24.0 Å². The number of rotatable bonds is 3. The normalized spacial score (nSPS) is 20.1. The van der Waals surface area contributed by atoms with E-state index in [-0.39, 0.29) is 0 Å². The van der Waals surface area contributed by atoms with Gasteiger partial charge >= 0.3 is 0 Å². The minimum absolute atomic E-state index is 0.311. The van der Waals surface area contributed by atoms with E-state index in [9.17, 15) is 0 Å². The monoisotopic (exact) mass is 248 g/mol. The summed E-state index contributed by atoms with van der Waals surface area (Å²) in [5, 5.41) is 4.08. The van der Waals surface area contributed by atoms with Crippen LogP contribution in [0.5, 0.6) is 0 Å². The van der Waals surface area contributed by atoms with Gasteiger partial charge in [-0.2, -0.15) is 11.8 Å². The third kappa shape index (κ3) is 4.57. The Kier molecular flexibility index (Phi) is 5.15. The van der Waals surface area contributed by atoms with E-state index < -0.39 is 0 Å². The number of hydrogen-bond donors (Lipinski definition) is 1. The van der Waals surface area contributed by atoms with Gasteiger partial charge in [0.1, 0.15) is 0 Å². The van der Waals surface area contributed by atoms with Gasteiger partial charge in [0.05, 0.1) is 6.61 Å². The second kappa shape index (κ2) is 5.92. The van der Waals surface area contributed by atoms with Crippen molar-refractivity contribution in [2.45, 2.75) is 18.6 Å². The molecule has 5 heteroatoms. The molecule has 1 heterocycles. The van der Waals surface area contributed by atoms with Crippen molar-refractivity contribution < 1.29 is 4.74 Å². The molecule has 0 aromatic rings. The van der Waals surface area contributed by atoms with Crippen molar-refractivity contribution >= 4 is 29.1 Å². The van der Waals surface area contributed by atoms with Crippen LogP contribution in [-0.4, -0.2) is 53.9 Å². The van der Waals surface area contributed by atoms with Crippen LogP contribution in [0.2, 0.25) is 0 Å². The van der Waals surface area contributed by atoms with Gasteiger partial charge < -0.3 is 15.0 Å². The molecule has 15 heavy (non-hydrogen) atoms. The Bertz CT molecular complexity index is 221. The van der Waals surface area contributed by atoms with Crippen LogP contribution in [0, 0.1) is 0 Å². The highest BCUT2D eigenvalue weighted by molar-refractivity contribution is 8.00. The molecule has 1 saturated heterocycles. The van der Waals surface area contributed by atoms with Crippen LogP contribution < -0.4 is 5.32 Å². The molecule has 1 N–H and O–H groups in total. The number of nitrogens with one attached hydrogen (secondary N) is 1. The molecule has 0 amide bonds. The Hall–Kier alpha value is 0. The molecule has 0 atom stereocenters. The van der Waals surface area contributed by atoms with Gasteiger partial charge in [0.2, 0.25) is 0 Å². The number of thiocarbonyl (C=S) groups is 1. The summed E-state index contributed by atoms with van der Waals surface area (Å²) in [4.78, 5) is 2.25. The van der Waals surface area contributed by atoms with E-state index in [4.69, 9.17) is 17.0 Å². The van der Waals surface area contributed by atoms with Gasteiger partial charge in [-0.25, -0.2) is 0 Å². The van der Waals surface area contributed by atoms with Crippen molar-refractivity contribution in [1.82, 2.24) is 10.2 Å². The topological polar surface area (TPSA) is 24.5 Å². The number of hydrogen-bond acceptors (Lipinski definition) is 3. The molecular formula is C10H20N2OS2. The largest absolute Gasteiger partial charge is 0.383 e. The highest BCUT2D eigenvalue weighted by Crippen LogP contribution is 2.29. The third-order valence-electron chi connectivity index (χ3n) is 2.30. The van der Waals surface area contributed by atoms with Crippen molar-refractivity contribution in [2.75, 3.05) is 39.1 Å². The van der Waals surface area contributed by atoms with E-state index in [1.54, 1.807) is 7.11 Å². The number of nitrogens with zero attached hydrogens (tertiary/aromatic N) is 1. The average molecular weight is 248 g/mol. The molecule has 1 aliphatic rings. The Morgan fingerprint density at radius 1 is 1.60 bits per heavy atom. The van der Waals surface area contributed by atoms with Crippen molar-refractivity contribution in [3.05, 3.63) is 0 Å². The molecule has 0 unspecified atom stereocenters. The van der Waals surface area contributed by atoms with Crippen LogP contribution in [0.4, 0.5) is 0 Å². The fourth-order valence-corrected chi connectivity index (χ4v) is 2.93. The van der Waals surface area contributed by atoms with Crippen LogP contribution in [0.3, 0.4) is 0 Å². The molecule has 0 saturated carbocycles. The lowest BCUT2D eigenvalue weighted by Crippen LogP contribution is -2.50. The molecule has 1 rings (SSSR count). The van der Waals surface area contributed by atoms with Crippen molar-refractivity contribution in [3.8, 4) is 0 Å². The van der Waals surface area contributed by atoms with E-state index in [1.807, 2.05) is 11.8 Å². The first-order chi connectivity index (χ1) is 7.05. The Labute approximate surface area is 102 Å². The molecule has 0 bridgehead atoms. The Morgan fingerprint density at radius 2 is 2.33 bits per heavy atom. The van der Waals surface area contributed by atoms with Gasteiger partial charge in [-0.3, -0.25) is 0 Å². The smallest absolute Gasteiger partial charge is 0.169 e. The SMILES string of the molecule is COCCNC(=S)N1CCSC(C)(C)C1. The summed E-state index contributed by atoms with van der Waals surface area (Å²) < 4.78 is 5.29. The fraction of sp³-hybridized carbons (Fsp3) is 0.900. The summed E-state index contributed by atoms with van der Waals surface area (Å²) >= 11 is 7.36. The molecule has 3 nitrogen and oxygen atoms in total. The van der Waals surface area contributed by atoms with E-state index in [0.29, 0.717) is 11.4 Å². The molecule has 0 radical (unpaired) electrons.